The molecule has 0 saturated carbocycles. The lowest BCUT2D eigenvalue weighted by atomic mass is 10.0. The summed E-state index contributed by atoms with van der Waals surface area (Å²) in [6.45, 7) is 0.0957. The number of hydrogen-bond acceptors (Lipinski definition) is 4. The zero-order valence-corrected chi connectivity index (χ0v) is 9.07. The maximum absolute atomic E-state index is 9.20. The van der Waals surface area contributed by atoms with Gasteiger partial charge in [-0.05, 0) is 30.5 Å². The highest BCUT2D eigenvalue weighted by Gasteiger charge is 2.07. The van der Waals surface area contributed by atoms with E-state index in [1.54, 1.807) is 0 Å². The fourth-order valence-corrected chi connectivity index (χ4v) is 1.31. The molecule has 0 amide bonds. The summed E-state index contributed by atoms with van der Waals surface area (Å²) in [5.74, 6) is -0.00102. The van der Waals surface area contributed by atoms with Crippen LogP contribution in [0.4, 0.5) is 0 Å². The molecule has 0 fully saturated rings. The summed E-state index contributed by atoms with van der Waals surface area (Å²) in [7, 11) is 0. The molecule has 5 heteroatoms. The third-order valence-electron chi connectivity index (χ3n) is 2.03. The molecule has 5 N–H and O–H groups in total. The number of phenols is 2. The Kier molecular flexibility index (Phi) is 6.08. The van der Waals surface area contributed by atoms with E-state index in [1.807, 2.05) is 0 Å². The number of aliphatic hydroxyl groups is 1. The lowest BCUT2D eigenvalue weighted by molar-refractivity contribution is 0.280. The van der Waals surface area contributed by atoms with Gasteiger partial charge in [-0.15, -0.1) is 12.4 Å². The fourth-order valence-electron chi connectivity index (χ4n) is 1.31. The second-order valence-electron chi connectivity index (χ2n) is 3.26. The van der Waals surface area contributed by atoms with Gasteiger partial charge in [-0.3, -0.25) is 0 Å². The fraction of sp³-hybridized carbons (Fsp3) is 0.400. The minimum atomic E-state index is -0.264. The number of nitrogens with two attached hydrogens (primary N) is 1. The summed E-state index contributed by atoms with van der Waals surface area (Å²) in [4.78, 5) is 0. The van der Waals surface area contributed by atoms with Crippen LogP contribution in [-0.4, -0.2) is 21.9 Å². The Balaban J connectivity index is 0.00000196. The highest BCUT2D eigenvalue weighted by atomic mass is 35.5. The van der Waals surface area contributed by atoms with Crippen LogP contribution < -0.4 is 5.73 Å². The highest BCUT2D eigenvalue weighted by molar-refractivity contribution is 5.85. The highest BCUT2D eigenvalue weighted by Crippen LogP contribution is 2.25. The van der Waals surface area contributed by atoms with Crippen LogP contribution in [0.5, 0.6) is 11.5 Å². The van der Waals surface area contributed by atoms with Crippen LogP contribution in [0.2, 0.25) is 0 Å². The van der Waals surface area contributed by atoms with Crippen LogP contribution in [0.3, 0.4) is 0 Å². The first-order chi connectivity index (χ1) is 6.63. The van der Waals surface area contributed by atoms with Gasteiger partial charge in [0.05, 0.1) is 0 Å². The zero-order valence-electron chi connectivity index (χ0n) is 8.26. The molecule has 0 radical (unpaired) electrons. The number of phenolic OH excluding ortho intramolecular Hbond substituents is 2. The maximum Gasteiger partial charge on any atom is 0.119 e. The molecule has 1 aromatic rings. The summed E-state index contributed by atoms with van der Waals surface area (Å²) in [6.07, 6.45) is 1.23. The SMILES string of the molecule is Cl.N[C@@H](CCCO)c1cc(O)cc(O)c1. The van der Waals surface area contributed by atoms with Crippen molar-refractivity contribution in [3.63, 3.8) is 0 Å². The average molecular weight is 234 g/mol. The van der Waals surface area contributed by atoms with Crippen LogP contribution in [0, 0.1) is 0 Å². The van der Waals surface area contributed by atoms with Crippen molar-refractivity contribution in [1.82, 2.24) is 0 Å². The van der Waals surface area contributed by atoms with Crippen LogP contribution in [0.25, 0.3) is 0 Å². The molecule has 0 aliphatic rings. The van der Waals surface area contributed by atoms with E-state index in [9.17, 15) is 10.2 Å². The number of benzene rings is 1. The lowest BCUT2D eigenvalue weighted by Crippen LogP contribution is -2.10. The molecule has 0 aliphatic carbocycles. The Labute approximate surface area is 94.8 Å². The van der Waals surface area contributed by atoms with Crippen molar-refractivity contribution in [1.29, 1.82) is 0 Å². The molecule has 0 saturated heterocycles. The first kappa shape index (κ1) is 14.0. The molecule has 15 heavy (non-hydrogen) atoms. The molecule has 1 rings (SSSR count). The lowest BCUT2D eigenvalue weighted by Gasteiger charge is -2.11. The zero-order chi connectivity index (χ0) is 10.6. The monoisotopic (exact) mass is 233 g/mol. The predicted octanol–water partition coefficient (Wildman–Crippen LogP) is 1.29. The van der Waals surface area contributed by atoms with E-state index in [1.165, 1.54) is 18.2 Å². The van der Waals surface area contributed by atoms with Gasteiger partial charge < -0.3 is 21.1 Å². The third kappa shape index (κ3) is 4.38. The molecular formula is C10H16ClNO3. The molecule has 0 spiro atoms. The van der Waals surface area contributed by atoms with Gasteiger partial charge in [-0.25, -0.2) is 0 Å². The number of hydrogen-bond donors (Lipinski definition) is 4. The van der Waals surface area contributed by atoms with Crippen LogP contribution >= 0.6 is 12.4 Å². The normalized spacial score (nSPS) is 11.9. The number of aromatic hydroxyl groups is 2. The van der Waals surface area contributed by atoms with Gasteiger partial charge in [-0.2, -0.15) is 0 Å². The molecule has 0 aliphatic heterocycles. The summed E-state index contributed by atoms with van der Waals surface area (Å²) in [5.41, 5.74) is 6.46. The summed E-state index contributed by atoms with van der Waals surface area (Å²) in [6, 6.07) is 4.02. The molecule has 1 atom stereocenters. The first-order valence-electron chi connectivity index (χ1n) is 4.53. The van der Waals surface area contributed by atoms with Gasteiger partial charge in [-0.1, -0.05) is 0 Å². The summed E-state index contributed by atoms with van der Waals surface area (Å²) < 4.78 is 0. The van der Waals surface area contributed by atoms with Gasteiger partial charge in [0.15, 0.2) is 0 Å². The maximum atomic E-state index is 9.20. The van der Waals surface area contributed by atoms with Crippen molar-refractivity contribution in [3.8, 4) is 11.5 Å². The van der Waals surface area contributed by atoms with Crippen molar-refractivity contribution >= 4 is 12.4 Å². The Bertz CT molecular complexity index is 286. The van der Waals surface area contributed by atoms with E-state index in [2.05, 4.69) is 0 Å². The number of halogens is 1. The van der Waals surface area contributed by atoms with Crippen molar-refractivity contribution in [3.05, 3.63) is 23.8 Å². The van der Waals surface area contributed by atoms with Gasteiger partial charge in [0.2, 0.25) is 0 Å². The Morgan fingerprint density at radius 1 is 1.13 bits per heavy atom. The minimum Gasteiger partial charge on any atom is -0.508 e. The Morgan fingerprint density at radius 2 is 1.67 bits per heavy atom. The van der Waals surface area contributed by atoms with Gasteiger partial charge >= 0.3 is 0 Å². The molecule has 0 bridgehead atoms. The van der Waals surface area contributed by atoms with E-state index < -0.39 is 0 Å². The molecule has 0 heterocycles. The van der Waals surface area contributed by atoms with E-state index >= 15 is 0 Å². The Hall–Kier alpha value is -0.970. The van der Waals surface area contributed by atoms with Crippen LogP contribution in [-0.2, 0) is 0 Å². The van der Waals surface area contributed by atoms with Crippen molar-refractivity contribution in [2.45, 2.75) is 18.9 Å². The molecule has 1 aromatic carbocycles. The molecule has 86 valence electrons. The van der Waals surface area contributed by atoms with E-state index in [4.69, 9.17) is 10.8 Å². The second-order valence-corrected chi connectivity index (χ2v) is 3.26. The number of aliphatic hydroxyl groups excluding tert-OH is 1. The van der Waals surface area contributed by atoms with Gasteiger partial charge in [0.25, 0.3) is 0 Å². The Morgan fingerprint density at radius 3 is 2.13 bits per heavy atom. The minimum absolute atomic E-state index is 0. The third-order valence-corrected chi connectivity index (χ3v) is 2.03. The molecule has 0 unspecified atom stereocenters. The quantitative estimate of drug-likeness (QED) is 0.631. The van der Waals surface area contributed by atoms with Crippen molar-refractivity contribution in [2.75, 3.05) is 6.61 Å². The number of rotatable bonds is 4. The van der Waals surface area contributed by atoms with E-state index in [0.29, 0.717) is 18.4 Å². The topological polar surface area (TPSA) is 86.7 Å². The van der Waals surface area contributed by atoms with Crippen LogP contribution in [0.15, 0.2) is 18.2 Å². The molecule has 4 nitrogen and oxygen atoms in total. The van der Waals surface area contributed by atoms with Gasteiger partial charge in [0, 0.05) is 18.7 Å². The van der Waals surface area contributed by atoms with Gasteiger partial charge in [0.1, 0.15) is 11.5 Å². The van der Waals surface area contributed by atoms with E-state index in [0.717, 1.165) is 0 Å². The first-order valence-corrected chi connectivity index (χ1v) is 4.53. The second kappa shape index (κ2) is 6.50. The smallest absolute Gasteiger partial charge is 0.119 e. The average Bonchev–Trinajstić information content (AvgIpc) is 2.12. The predicted molar refractivity (Wildman–Crippen MR) is 60.3 cm³/mol. The van der Waals surface area contributed by atoms with Crippen molar-refractivity contribution in [2.24, 2.45) is 5.73 Å². The van der Waals surface area contributed by atoms with Crippen LogP contribution in [0.1, 0.15) is 24.4 Å². The molecular weight excluding hydrogens is 218 g/mol. The molecule has 0 aromatic heterocycles. The largest absolute Gasteiger partial charge is 0.508 e. The van der Waals surface area contributed by atoms with Crippen molar-refractivity contribution < 1.29 is 15.3 Å². The van der Waals surface area contributed by atoms with E-state index in [-0.39, 0.29) is 36.6 Å². The standard InChI is InChI=1S/C10H15NO3.ClH/c11-10(2-1-3-12)7-4-8(13)6-9(14)5-7;/h4-6,10,12-14H,1-3,11H2;1H/t10-;/m0./s1. The summed E-state index contributed by atoms with van der Waals surface area (Å²) in [5, 5.41) is 27.0. The summed E-state index contributed by atoms with van der Waals surface area (Å²) >= 11 is 0.